The third kappa shape index (κ3) is 4.32. The average Bonchev–Trinajstić information content (AvgIpc) is 2.66. The van der Waals surface area contributed by atoms with Crippen LogP contribution in [0, 0.1) is 0 Å². The van der Waals surface area contributed by atoms with E-state index in [9.17, 15) is 9.59 Å². The van der Waals surface area contributed by atoms with E-state index in [0.29, 0.717) is 33.6 Å². The lowest BCUT2D eigenvalue weighted by atomic mass is 9.82. The highest BCUT2D eigenvalue weighted by Gasteiger charge is 2.36. The molecule has 154 valence electrons. The van der Waals surface area contributed by atoms with Gasteiger partial charge in [0.25, 0.3) is 5.56 Å². The number of benzene rings is 1. The Hall–Kier alpha value is -2.74. The van der Waals surface area contributed by atoms with Crippen LogP contribution in [0.4, 0.5) is 5.82 Å². The molecule has 3 rings (SSSR count). The summed E-state index contributed by atoms with van der Waals surface area (Å²) in [6.45, 7) is 7.38. The first kappa shape index (κ1) is 21.0. The van der Waals surface area contributed by atoms with E-state index in [2.05, 4.69) is 15.3 Å². The van der Waals surface area contributed by atoms with Crippen LogP contribution in [-0.2, 0) is 9.53 Å². The molecule has 0 saturated heterocycles. The number of hydrogen-bond acceptors (Lipinski definition) is 7. The second-order valence-corrected chi connectivity index (χ2v) is 8.14. The van der Waals surface area contributed by atoms with E-state index in [-0.39, 0.29) is 11.7 Å². The van der Waals surface area contributed by atoms with E-state index in [1.165, 1.54) is 11.8 Å². The molecule has 2 aromatic rings. The summed E-state index contributed by atoms with van der Waals surface area (Å²) in [5.41, 5.74) is 1.93. The molecule has 1 aliphatic rings. The second kappa shape index (κ2) is 8.73. The Labute approximate surface area is 173 Å². The SMILES string of the molecule is CCSc1nc2c(c(=O)[nH]1)C(c1ccc(OC)cc1)C(C(=O)OC(C)C)=C(C)N2. The fourth-order valence-electron chi connectivity index (χ4n) is 3.31. The van der Waals surface area contributed by atoms with Crippen molar-refractivity contribution in [3.63, 3.8) is 0 Å². The van der Waals surface area contributed by atoms with Crippen LogP contribution in [-0.4, -0.2) is 34.9 Å². The van der Waals surface area contributed by atoms with Crippen molar-refractivity contribution in [2.24, 2.45) is 0 Å². The van der Waals surface area contributed by atoms with E-state index in [4.69, 9.17) is 9.47 Å². The highest BCUT2D eigenvalue weighted by atomic mass is 32.2. The summed E-state index contributed by atoms with van der Waals surface area (Å²) in [5, 5.41) is 3.68. The van der Waals surface area contributed by atoms with Crippen LogP contribution < -0.4 is 15.6 Å². The van der Waals surface area contributed by atoms with Gasteiger partial charge in [-0.05, 0) is 44.2 Å². The molecular weight excluding hydrogens is 390 g/mol. The van der Waals surface area contributed by atoms with Crippen LogP contribution in [0.3, 0.4) is 0 Å². The zero-order chi connectivity index (χ0) is 21.1. The van der Waals surface area contributed by atoms with Crippen molar-refractivity contribution in [1.29, 1.82) is 0 Å². The molecule has 1 aliphatic heterocycles. The summed E-state index contributed by atoms with van der Waals surface area (Å²) >= 11 is 1.45. The van der Waals surface area contributed by atoms with E-state index in [1.54, 1.807) is 40.0 Å². The molecule has 0 aliphatic carbocycles. The monoisotopic (exact) mass is 415 g/mol. The Kier molecular flexibility index (Phi) is 6.32. The van der Waals surface area contributed by atoms with Crippen molar-refractivity contribution < 1.29 is 14.3 Å². The molecule has 0 saturated carbocycles. The lowest BCUT2D eigenvalue weighted by Crippen LogP contribution is -2.31. The molecule has 0 fully saturated rings. The van der Waals surface area contributed by atoms with Gasteiger partial charge in [-0.15, -0.1) is 0 Å². The fourth-order valence-corrected chi connectivity index (χ4v) is 3.91. The number of carbonyl (C=O) groups is 1. The predicted molar refractivity (Wildman–Crippen MR) is 114 cm³/mol. The standard InChI is InChI=1S/C21H25N3O4S/c1-6-29-21-23-18-17(19(25)24-21)16(13-7-9-14(27-5)10-8-13)15(12(4)22-18)20(26)28-11(2)3/h7-11,16H,6H2,1-5H3,(H2,22,23,24,25). The maximum Gasteiger partial charge on any atom is 0.337 e. The van der Waals surface area contributed by atoms with Crippen LogP contribution in [0.5, 0.6) is 5.75 Å². The first-order valence-corrected chi connectivity index (χ1v) is 10.4. The van der Waals surface area contributed by atoms with Crippen LogP contribution >= 0.6 is 11.8 Å². The molecule has 0 radical (unpaired) electrons. The number of rotatable bonds is 6. The molecular formula is C21H25N3O4S. The quantitative estimate of drug-likeness (QED) is 0.422. The summed E-state index contributed by atoms with van der Waals surface area (Å²) in [5.74, 6) is 0.883. The molecule has 29 heavy (non-hydrogen) atoms. The largest absolute Gasteiger partial charge is 0.497 e. The molecule has 1 aromatic carbocycles. The Balaban J connectivity index is 2.19. The van der Waals surface area contributed by atoms with Gasteiger partial charge in [0.15, 0.2) is 5.16 Å². The third-order valence-corrected chi connectivity index (χ3v) is 5.27. The lowest BCUT2D eigenvalue weighted by Gasteiger charge is -2.29. The zero-order valence-corrected chi connectivity index (χ0v) is 18.0. The number of hydrogen-bond donors (Lipinski definition) is 2. The van der Waals surface area contributed by atoms with Gasteiger partial charge >= 0.3 is 5.97 Å². The van der Waals surface area contributed by atoms with Gasteiger partial charge < -0.3 is 19.8 Å². The number of ether oxygens (including phenoxy) is 2. The molecule has 0 amide bonds. The van der Waals surface area contributed by atoms with Crippen molar-refractivity contribution in [3.8, 4) is 5.75 Å². The molecule has 1 atom stereocenters. The normalized spacial score (nSPS) is 15.7. The van der Waals surface area contributed by atoms with E-state index in [0.717, 1.165) is 11.3 Å². The summed E-state index contributed by atoms with van der Waals surface area (Å²) < 4.78 is 10.7. The molecule has 7 nitrogen and oxygen atoms in total. The number of carbonyl (C=O) groups excluding carboxylic acids is 1. The van der Waals surface area contributed by atoms with Gasteiger partial charge in [0.2, 0.25) is 0 Å². The minimum atomic E-state index is -0.597. The zero-order valence-electron chi connectivity index (χ0n) is 17.2. The molecule has 8 heteroatoms. The molecule has 2 N–H and O–H groups in total. The minimum absolute atomic E-state index is 0.276. The first-order valence-electron chi connectivity index (χ1n) is 9.45. The number of allylic oxidation sites excluding steroid dienone is 1. The van der Waals surface area contributed by atoms with E-state index < -0.39 is 11.9 Å². The summed E-state index contributed by atoms with van der Waals surface area (Å²) in [6, 6.07) is 7.31. The predicted octanol–water partition coefficient (Wildman–Crippen LogP) is 3.67. The molecule has 1 unspecified atom stereocenters. The van der Waals surface area contributed by atoms with Gasteiger partial charge in [0.05, 0.1) is 30.3 Å². The van der Waals surface area contributed by atoms with Gasteiger partial charge in [-0.1, -0.05) is 30.8 Å². The number of aromatic nitrogens is 2. The summed E-state index contributed by atoms with van der Waals surface area (Å²) in [4.78, 5) is 33.3. The van der Waals surface area contributed by atoms with Gasteiger partial charge in [-0.25, -0.2) is 9.78 Å². The molecule has 0 spiro atoms. The average molecular weight is 416 g/mol. The van der Waals surface area contributed by atoms with Gasteiger partial charge in [0.1, 0.15) is 11.6 Å². The Morgan fingerprint density at radius 2 is 1.97 bits per heavy atom. The third-order valence-electron chi connectivity index (χ3n) is 4.51. The number of aromatic amines is 1. The van der Waals surface area contributed by atoms with Crippen molar-refractivity contribution in [2.75, 3.05) is 18.2 Å². The van der Waals surface area contributed by atoms with E-state index >= 15 is 0 Å². The maximum absolute atomic E-state index is 13.0. The lowest BCUT2D eigenvalue weighted by molar-refractivity contribution is -0.143. The Morgan fingerprint density at radius 1 is 1.28 bits per heavy atom. The highest BCUT2D eigenvalue weighted by Crippen LogP contribution is 2.40. The Morgan fingerprint density at radius 3 is 2.55 bits per heavy atom. The number of H-pyrrole nitrogens is 1. The van der Waals surface area contributed by atoms with E-state index in [1.807, 2.05) is 19.1 Å². The second-order valence-electron chi connectivity index (χ2n) is 6.89. The van der Waals surface area contributed by atoms with Crippen molar-refractivity contribution >= 4 is 23.5 Å². The maximum atomic E-state index is 13.0. The number of esters is 1. The number of fused-ring (bicyclic) bond motifs is 1. The first-order chi connectivity index (χ1) is 13.8. The number of methoxy groups -OCH3 is 1. The van der Waals surface area contributed by atoms with Crippen LogP contribution in [0.2, 0.25) is 0 Å². The van der Waals surface area contributed by atoms with Gasteiger partial charge in [-0.2, -0.15) is 0 Å². The molecule has 1 aromatic heterocycles. The van der Waals surface area contributed by atoms with Crippen molar-refractivity contribution in [1.82, 2.24) is 9.97 Å². The molecule has 2 heterocycles. The van der Waals surface area contributed by atoms with Crippen LogP contribution in [0.25, 0.3) is 0 Å². The summed E-state index contributed by atoms with van der Waals surface area (Å²) in [6.07, 6.45) is -0.277. The van der Waals surface area contributed by atoms with Crippen molar-refractivity contribution in [3.05, 3.63) is 57.0 Å². The number of nitrogens with zero attached hydrogens (tertiary/aromatic N) is 1. The van der Waals surface area contributed by atoms with Gasteiger partial charge in [0, 0.05) is 5.70 Å². The fraction of sp³-hybridized carbons (Fsp3) is 0.381. The number of nitrogens with one attached hydrogen (secondary N) is 2. The van der Waals surface area contributed by atoms with Crippen LogP contribution in [0.1, 0.15) is 44.7 Å². The van der Waals surface area contributed by atoms with Gasteiger partial charge in [-0.3, -0.25) is 4.79 Å². The van der Waals surface area contributed by atoms with Crippen LogP contribution in [0.15, 0.2) is 45.5 Å². The smallest absolute Gasteiger partial charge is 0.337 e. The topological polar surface area (TPSA) is 93.3 Å². The highest BCUT2D eigenvalue weighted by molar-refractivity contribution is 7.99. The number of anilines is 1. The number of thioether (sulfide) groups is 1. The molecule has 0 bridgehead atoms. The Bertz CT molecular complexity index is 996. The summed E-state index contributed by atoms with van der Waals surface area (Å²) in [7, 11) is 1.59. The van der Waals surface area contributed by atoms with Crippen molar-refractivity contribution in [2.45, 2.75) is 44.9 Å². The minimum Gasteiger partial charge on any atom is -0.497 e.